The van der Waals surface area contributed by atoms with E-state index < -0.39 is 0 Å². The van der Waals surface area contributed by atoms with E-state index in [4.69, 9.17) is 9.41 Å². The zero-order valence-corrected chi connectivity index (χ0v) is 17.0. The minimum atomic E-state index is -0.0287. The molecule has 0 bridgehead atoms. The number of guanidine groups is 1. The summed E-state index contributed by atoms with van der Waals surface area (Å²) in [6, 6.07) is 10.8. The summed E-state index contributed by atoms with van der Waals surface area (Å²) in [6.07, 6.45) is 4.15. The fourth-order valence-electron chi connectivity index (χ4n) is 3.44. The largest absolute Gasteiger partial charge is 0.443 e. The first-order valence-corrected chi connectivity index (χ1v) is 9.98. The second-order valence-corrected chi connectivity index (χ2v) is 8.33. The fourth-order valence-corrected chi connectivity index (χ4v) is 3.44. The van der Waals surface area contributed by atoms with Gasteiger partial charge in [0.05, 0.1) is 6.20 Å². The standard InChI is InChI=1S/C22H32N4O/c1-5-23-21(25-15-20-24-14-19(27-20)22(2,3)4)26-12-11-18(16-26)13-17-9-7-6-8-10-17/h6-10,14,18H,5,11-13,15-16H2,1-4H3,(H,23,25). The highest BCUT2D eigenvalue weighted by Crippen LogP contribution is 2.23. The van der Waals surface area contributed by atoms with Crippen LogP contribution in [0.5, 0.6) is 0 Å². The number of likely N-dealkylation sites (tertiary alicyclic amines) is 1. The van der Waals surface area contributed by atoms with Crippen LogP contribution in [-0.4, -0.2) is 35.5 Å². The van der Waals surface area contributed by atoms with Crippen molar-refractivity contribution < 1.29 is 4.42 Å². The summed E-state index contributed by atoms with van der Waals surface area (Å²) < 4.78 is 5.87. The molecule has 1 fully saturated rings. The van der Waals surface area contributed by atoms with Gasteiger partial charge in [-0.1, -0.05) is 51.1 Å². The predicted octanol–water partition coefficient (Wildman–Crippen LogP) is 4.00. The highest BCUT2D eigenvalue weighted by Gasteiger charge is 2.25. The van der Waals surface area contributed by atoms with Crippen LogP contribution in [-0.2, 0) is 18.4 Å². The van der Waals surface area contributed by atoms with E-state index in [-0.39, 0.29) is 5.41 Å². The number of hydrogen-bond donors (Lipinski definition) is 1. The topological polar surface area (TPSA) is 53.7 Å². The number of aliphatic imine (C=N–C) groups is 1. The maximum atomic E-state index is 5.87. The molecule has 1 aliphatic heterocycles. The number of oxazole rings is 1. The van der Waals surface area contributed by atoms with Gasteiger partial charge in [0.15, 0.2) is 5.96 Å². The van der Waals surface area contributed by atoms with Crippen molar-refractivity contribution in [1.82, 2.24) is 15.2 Å². The van der Waals surface area contributed by atoms with Crippen molar-refractivity contribution in [2.75, 3.05) is 19.6 Å². The summed E-state index contributed by atoms with van der Waals surface area (Å²) in [5, 5.41) is 3.42. The molecule has 1 saturated heterocycles. The zero-order chi connectivity index (χ0) is 19.3. The van der Waals surface area contributed by atoms with Crippen LogP contribution in [0.2, 0.25) is 0 Å². The Morgan fingerprint density at radius 3 is 2.74 bits per heavy atom. The molecule has 3 rings (SSSR count). The zero-order valence-electron chi connectivity index (χ0n) is 17.0. The van der Waals surface area contributed by atoms with Gasteiger partial charge < -0.3 is 14.6 Å². The van der Waals surface area contributed by atoms with Crippen LogP contribution in [0.4, 0.5) is 0 Å². The van der Waals surface area contributed by atoms with Gasteiger partial charge >= 0.3 is 0 Å². The third-order valence-electron chi connectivity index (χ3n) is 4.94. The lowest BCUT2D eigenvalue weighted by atomic mass is 9.94. The molecule has 1 aromatic carbocycles. The van der Waals surface area contributed by atoms with Crippen molar-refractivity contribution in [1.29, 1.82) is 0 Å². The molecule has 146 valence electrons. The van der Waals surface area contributed by atoms with Crippen LogP contribution in [0.1, 0.15) is 51.3 Å². The van der Waals surface area contributed by atoms with Crippen molar-refractivity contribution in [3.8, 4) is 0 Å². The van der Waals surface area contributed by atoms with Crippen molar-refractivity contribution in [2.24, 2.45) is 10.9 Å². The monoisotopic (exact) mass is 368 g/mol. The quantitative estimate of drug-likeness (QED) is 0.640. The molecule has 5 heteroatoms. The predicted molar refractivity (Wildman–Crippen MR) is 110 cm³/mol. The molecule has 0 amide bonds. The average Bonchev–Trinajstić information content (AvgIpc) is 3.29. The van der Waals surface area contributed by atoms with Crippen LogP contribution in [0, 0.1) is 5.92 Å². The normalized spacial score (nSPS) is 18.1. The Morgan fingerprint density at radius 1 is 1.30 bits per heavy atom. The number of rotatable bonds is 5. The van der Waals surface area contributed by atoms with E-state index in [1.54, 1.807) is 0 Å². The molecule has 27 heavy (non-hydrogen) atoms. The molecule has 1 aromatic heterocycles. The molecular formula is C22H32N4O. The smallest absolute Gasteiger partial charge is 0.216 e. The van der Waals surface area contributed by atoms with Gasteiger partial charge in [0.2, 0.25) is 5.89 Å². The molecule has 1 aliphatic rings. The van der Waals surface area contributed by atoms with Crippen molar-refractivity contribution in [2.45, 2.75) is 52.5 Å². The van der Waals surface area contributed by atoms with Gasteiger partial charge in [0, 0.05) is 25.0 Å². The lowest BCUT2D eigenvalue weighted by Crippen LogP contribution is -2.40. The molecule has 0 radical (unpaired) electrons. The molecule has 1 atom stereocenters. The maximum Gasteiger partial charge on any atom is 0.216 e. The lowest BCUT2D eigenvalue weighted by Gasteiger charge is -2.21. The second kappa shape index (κ2) is 8.59. The molecule has 0 aliphatic carbocycles. The highest BCUT2D eigenvalue weighted by atomic mass is 16.4. The van der Waals surface area contributed by atoms with Crippen molar-refractivity contribution in [3.05, 3.63) is 53.7 Å². The van der Waals surface area contributed by atoms with Gasteiger partial charge in [-0.3, -0.25) is 0 Å². The molecule has 0 spiro atoms. The summed E-state index contributed by atoms with van der Waals surface area (Å²) in [5.74, 6) is 3.21. The van der Waals surface area contributed by atoms with Crippen molar-refractivity contribution >= 4 is 5.96 Å². The van der Waals surface area contributed by atoms with Gasteiger partial charge in [-0.15, -0.1) is 0 Å². The summed E-state index contributed by atoms with van der Waals surface area (Å²) >= 11 is 0. The number of aromatic nitrogens is 1. The first kappa shape index (κ1) is 19.5. The summed E-state index contributed by atoms with van der Waals surface area (Å²) in [5.41, 5.74) is 1.39. The molecule has 5 nitrogen and oxygen atoms in total. The van der Waals surface area contributed by atoms with Gasteiger partial charge in [-0.2, -0.15) is 0 Å². The Balaban J connectivity index is 1.61. The highest BCUT2D eigenvalue weighted by molar-refractivity contribution is 5.80. The van der Waals surface area contributed by atoms with Gasteiger partial charge in [-0.25, -0.2) is 9.98 Å². The third-order valence-corrected chi connectivity index (χ3v) is 4.94. The summed E-state index contributed by atoms with van der Waals surface area (Å²) in [6.45, 7) is 11.9. The molecule has 2 aromatic rings. The Bertz CT molecular complexity index is 745. The van der Waals surface area contributed by atoms with E-state index in [1.807, 2.05) is 6.20 Å². The van der Waals surface area contributed by atoms with Crippen LogP contribution in [0.3, 0.4) is 0 Å². The Kier molecular flexibility index (Phi) is 6.19. The van der Waals surface area contributed by atoms with E-state index in [9.17, 15) is 0 Å². The molecule has 1 unspecified atom stereocenters. The van der Waals surface area contributed by atoms with Gasteiger partial charge in [-0.05, 0) is 31.2 Å². The number of nitrogens with one attached hydrogen (secondary N) is 1. The summed E-state index contributed by atoms with van der Waals surface area (Å²) in [7, 11) is 0. The number of benzene rings is 1. The second-order valence-electron chi connectivity index (χ2n) is 8.33. The van der Waals surface area contributed by atoms with E-state index in [1.165, 1.54) is 12.0 Å². The average molecular weight is 369 g/mol. The molecule has 1 N–H and O–H groups in total. The number of hydrogen-bond acceptors (Lipinski definition) is 3. The molecule has 0 saturated carbocycles. The Hall–Kier alpha value is -2.30. The summed E-state index contributed by atoms with van der Waals surface area (Å²) in [4.78, 5) is 11.5. The van der Waals surface area contributed by atoms with Gasteiger partial charge in [0.1, 0.15) is 12.3 Å². The SMILES string of the molecule is CCNC(=NCc1ncc(C(C)(C)C)o1)N1CCC(Cc2ccccc2)C1. The van der Waals surface area contributed by atoms with Gasteiger partial charge in [0.25, 0.3) is 0 Å². The maximum absolute atomic E-state index is 5.87. The Morgan fingerprint density at radius 2 is 2.07 bits per heavy atom. The van der Waals surface area contributed by atoms with E-state index in [0.717, 1.165) is 37.8 Å². The molecule has 2 heterocycles. The number of nitrogens with zero attached hydrogens (tertiary/aromatic N) is 3. The van der Waals surface area contributed by atoms with Crippen LogP contribution >= 0.6 is 0 Å². The Labute approximate surface area is 162 Å². The van der Waals surface area contributed by atoms with E-state index in [2.05, 4.69) is 73.2 Å². The van der Waals surface area contributed by atoms with E-state index in [0.29, 0.717) is 18.4 Å². The molecular weight excluding hydrogens is 336 g/mol. The van der Waals surface area contributed by atoms with Crippen LogP contribution in [0.15, 0.2) is 45.9 Å². The van der Waals surface area contributed by atoms with E-state index >= 15 is 0 Å². The third kappa shape index (κ3) is 5.34. The minimum Gasteiger partial charge on any atom is -0.443 e. The minimum absolute atomic E-state index is 0.0287. The first-order chi connectivity index (χ1) is 13.0. The first-order valence-electron chi connectivity index (χ1n) is 9.98. The van der Waals surface area contributed by atoms with Crippen LogP contribution in [0.25, 0.3) is 0 Å². The van der Waals surface area contributed by atoms with Crippen LogP contribution < -0.4 is 5.32 Å². The fraction of sp³-hybridized carbons (Fsp3) is 0.545. The van der Waals surface area contributed by atoms with Crippen molar-refractivity contribution in [3.63, 3.8) is 0 Å². The lowest BCUT2D eigenvalue weighted by molar-refractivity contribution is 0.382.